The quantitative estimate of drug-likeness (QED) is 0.686. The predicted molar refractivity (Wildman–Crippen MR) is 52.4 cm³/mol. The molecule has 1 amide bonds. The van der Waals surface area contributed by atoms with Gasteiger partial charge < -0.3 is 5.32 Å². The molecule has 0 atom stereocenters. The lowest BCUT2D eigenvalue weighted by molar-refractivity contribution is -0.116. The maximum Gasteiger partial charge on any atom is 0.224 e. The first-order valence-electron chi connectivity index (χ1n) is 4.53. The molecule has 1 aliphatic rings. The topological polar surface area (TPSA) is 64.3 Å². The molecule has 2 rings (SSSR count). The number of carbonyl (C=O) groups excluding carboxylic acids is 1. The third-order valence-electron chi connectivity index (χ3n) is 2.39. The number of fused-ring (bicyclic) bond motifs is 1. The average molecular weight is 192 g/mol. The number of anilines is 1. The van der Waals surface area contributed by atoms with Crippen molar-refractivity contribution in [3.8, 4) is 0 Å². The van der Waals surface area contributed by atoms with Gasteiger partial charge in [0.05, 0.1) is 6.61 Å². The number of hydrogen-bond donors (Lipinski definition) is 2. The first-order chi connectivity index (χ1) is 6.81. The lowest BCUT2D eigenvalue weighted by Crippen LogP contribution is -2.20. The summed E-state index contributed by atoms with van der Waals surface area (Å²) in [6.07, 6.45) is 1.30. The third-order valence-corrected chi connectivity index (χ3v) is 2.39. The van der Waals surface area contributed by atoms with E-state index in [0.29, 0.717) is 13.0 Å². The van der Waals surface area contributed by atoms with Crippen molar-refractivity contribution < 1.29 is 9.63 Å². The van der Waals surface area contributed by atoms with Crippen LogP contribution in [-0.4, -0.2) is 5.91 Å². The van der Waals surface area contributed by atoms with E-state index in [9.17, 15) is 4.79 Å². The van der Waals surface area contributed by atoms with Crippen LogP contribution in [0.15, 0.2) is 18.2 Å². The molecule has 0 radical (unpaired) electrons. The molecule has 74 valence electrons. The molecule has 0 spiro atoms. The normalized spacial score (nSPS) is 14.8. The second-order valence-corrected chi connectivity index (χ2v) is 3.30. The van der Waals surface area contributed by atoms with E-state index < -0.39 is 0 Å². The fourth-order valence-electron chi connectivity index (χ4n) is 1.72. The summed E-state index contributed by atoms with van der Waals surface area (Å²) in [6, 6.07) is 5.74. The second kappa shape index (κ2) is 3.77. The lowest BCUT2D eigenvalue weighted by atomic mass is 9.98. The fourth-order valence-corrected chi connectivity index (χ4v) is 1.72. The van der Waals surface area contributed by atoms with Crippen molar-refractivity contribution in [2.75, 3.05) is 5.32 Å². The van der Waals surface area contributed by atoms with E-state index in [0.717, 1.165) is 23.2 Å². The van der Waals surface area contributed by atoms with Crippen LogP contribution in [-0.2, 0) is 22.7 Å². The highest BCUT2D eigenvalue weighted by molar-refractivity contribution is 5.94. The highest BCUT2D eigenvalue weighted by atomic mass is 16.6. The largest absolute Gasteiger partial charge is 0.326 e. The summed E-state index contributed by atoms with van der Waals surface area (Å²) < 4.78 is 0. The molecule has 1 aliphatic heterocycles. The first kappa shape index (κ1) is 9.18. The molecular formula is C10H12N2O2. The highest BCUT2D eigenvalue weighted by Gasteiger charge is 2.16. The lowest BCUT2D eigenvalue weighted by Gasteiger charge is -2.19. The predicted octanol–water partition coefficient (Wildman–Crippen LogP) is 0.962. The van der Waals surface area contributed by atoms with E-state index >= 15 is 0 Å². The van der Waals surface area contributed by atoms with Gasteiger partial charge in [-0.15, -0.1) is 0 Å². The first-order valence-corrected chi connectivity index (χ1v) is 4.53. The minimum absolute atomic E-state index is 0.0725. The van der Waals surface area contributed by atoms with Gasteiger partial charge in [-0.3, -0.25) is 9.63 Å². The Bertz CT molecular complexity index is 363. The summed E-state index contributed by atoms with van der Waals surface area (Å²) in [6.45, 7) is 0.388. The second-order valence-electron chi connectivity index (χ2n) is 3.30. The molecule has 0 saturated carbocycles. The van der Waals surface area contributed by atoms with Gasteiger partial charge in [0, 0.05) is 12.1 Å². The Morgan fingerprint density at radius 1 is 1.43 bits per heavy atom. The minimum Gasteiger partial charge on any atom is -0.326 e. The smallest absolute Gasteiger partial charge is 0.224 e. The maximum absolute atomic E-state index is 11.1. The van der Waals surface area contributed by atoms with Gasteiger partial charge in [0.1, 0.15) is 0 Å². The van der Waals surface area contributed by atoms with Crippen molar-refractivity contribution in [2.24, 2.45) is 5.90 Å². The monoisotopic (exact) mass is 192 g/mol. The van der Waals surface area contributed by atoms with E-state index in [2.05, 4.69) is 10.2 Å². The zero-order chi connectivity index (χ0) is 9.97. The van der Waals surface area contributed by atoms with E-state index in [1.807, 2.05) is 18.2 Å². The molecule has 0 aliphatic carbocycles. The van der Waals surface area contributed by atoms with Crippen LogP contribution in [0.2, 0.25) is 0 Å². The molecule has 0 bridgehead atoms. The molecule has 1 aromatic rings. The molecule has 0 aromatic heterocycles. The Balaban J connectivity index is 2.36. The average Bonchev–Trinajstić information content (AvgIpc) is 2.18. The van der Waals surface area contributed by atoms with Crippen molar-refractivity contribution in [1.82, 2.24) is 0 Å². The summed E-state index contributed by atoms with van der Waals surface area (Å²) >= 11 is 0. The molecule has 1 aromatic carbocycles. The van der Waals surface area contributed by atoms with E-state index in [1.54, 1.807) is 0 Å². The molecule has 0 fully saturated rings. The zero-order valence-corrected chi connectivity index (χ0v) is 7.75. The summed E-state index contributed by atoms with van der Waals surface area (Å²) in [5, 5.41) is 2.82. The summed E-state index contributed by atoms with van der Waals surface area (Å²) in [5.41, 5.74) is 3.07. The molecule has 1 heterocycles. The van der Waals surface area contributed by atoms with Crippen molar-refractivity contribution in [3.05, 3.63) is 29.3 Å². The Morgan fingerprint density at radius 3 is 3.07 bits per heavy atom. The van der Waals surface area contributed by atoms with Crippen LogP contribution in [0.25, 0.3) is 0 Å². The van der Waals surface area contributed by atoms with E-state index in [1.165, 1.54) is 0 Å². The molecule has 14 heavy (non-hydrogen) atoms. The van der Waals surface area contributed by atoms with Crippen molar-refractivity contribution >= 4 is 11.6 Å². The van der Waals surface area contributed by atoms with Crippen LogP contribution in [0.4, 0.5) is 5.69 Å². The molecule has 0 saturated heterocycles. The van der Waals surface area contributed by atoms with Crippen LogP contribution in [0.3, 0.4) is 0 Å². The van der Waals surface area contributed by atoms with Crippen LogP contribution in [0, 0.1) is 0 Å². The van der Waals surface area contributed by atoms with Gasteiger partial charge in [0.15, 0.2) is 0 Å². The number of nitrogens with two attached hydrogens (primary N) is 1. The Labute approximate surface area is 82.0 Å². The number of benzene rings is 1. The molecule has 4 nitrogen and oxygen atoms in total. The van der Waals surface area contributed by atoms with E-state index in [-0.39, 0.29) is 5.91 Å². The Kier molecular flexibility index (Phi) is 2.47. The third kappa shape index (κ3) is 1.62. The zero-order valence-electron chi connectivity index (χ0n) is 7.75. The van der Waals surface area contributed by atoms with Gasteiger partial charge in [-0.05, 0) is 23.6 Å². The Hall–Kier alpha value is -1.39. The van der Waals surface area contributed by atoms with Gasteiger partial charge in [0.25, 0.3) is 0 Å². The van der Waals surface area contributed by atoms with Crippen molar-refractivity contribution in [1.29, 1.82) is 0 Å². The van der Waals surface area contributed by atoms with Crippen molar-refractivity contribution in [2.45, 2.75) is 19.4 Å². The summed E-state index contributed by atoms with van der Waals surface area (Å²) in [5.74, 6) is 5.11. The highest BCUT2D eigenvalue weighted by Crippen LogP contribution is 2.25. The Morgan fingerprint density at radius 2 is 2.29 bits per heavy atom. The minimum atomic E-state index is 0.0725. The SMILES string of the molecule is NOCc1cccc2c1CCC(=O)N2. The van der Waals surface area contributed by atoms with Crippen LogP contribution < -0.4 is 11.2 Å². The number of carbonyl (C=O) groups is 1. The molecule has 3 N–H and O–H groups in total. The van der Waals surface area contributed by atoms with Gasteiger partial charge in [-0.2, -0.15) is 0 Å². The van der Waals surface area contributed by atoms with Crippen LogP contribution in [0.1, 0.15) is 17.5 Å². The van der Waals surface area contributed by atoms with Crippen molar-refractivity contribution in [3.63, 3.8) is 0 Å². The van der Waals surface area contributed by atoms with Gasteiger partial charge in [0.2, 0.25) is 5.91 Å². The number of rotatable bonds is 2. The van der Waals surface area contributed by atoms with E-state index in [4.69, 9.17) is 5.90 Å². The summed E-state index contributed by atoms with van der Waals surface area (Å²) in [4.78, 5) is 15.7. The fraction of sp³-hybridized carbons (Fsp3) is 0.300. The number of amides is 1. The molecule has 0 unspecified atom stereocenters. The number of hydrogen-bond acceptors (Lipinski definition) is 3. The molecular weight excluding hydrogens is 180 g/mol. The van der Waals surface area contributed by atoms with Gasteiger partial charge in [-0.1, -0.05) is 12.1 Å². The number of nitrogens with one attached hydrogen (secondary N) is 1. The molecule has 4 heteroatoms. The van der Waals surface area contributed by atoms with Crippen LogP contribution >= 0.6 is 0 Å². The van der Waals surface area contributed by atoms with Gasteiger partial charge in [-0.25, -0.2) is 5.90 Å². The van der Waals surface area contributed by atoms with Crippen LogP contribution in [0.5, 0.6) is 0 Å². The summed E-state index contributed by atoms with van der Waals surface area (Å²) in [7, 11) is 0. The standard InChI is InChI=1S/C10H12N2O2/c11-14-6-7-2-1-3-9-8(7)4-5-10(13)12-9/h1-3H,4-6,11H2,(H,12,13). The van der Waals surface area contributed by atoms with Gasteiger partial charge >= 0.3 is 0 Å². The maximum atomic E-state index is 11.1.